The lowest BCUT2D eigenvalue weighted by molar-refractivity contribution is 0.203. The van der Waals surface area contributed by atoms with E-state index in [-0.39, 0.29) is 5.75 Å². The zero-order chi connectivity index (χ0) is 15.5. The van der Waals surface area contributed by atoms with Gasteiger partial charge in [0.25, 0.3) is 0 Å². The van der Waals surface area contributed by atoms with E-state index < -0.39 is 11.6 Å². The third kappa shape index (κ3) is 3.41. The van der Waals surface area contributed by atoms with Crippen LogP contribution in [0.3, 0.4) is 0 Å². The number of rotatable bonds is 5. The smallest absolute Gasteiger partial charge is 0.183 e. The molecule has 3 rings (SSSR count). The van der Waals surface area contributed by atoms with Gasteiger partial charge in [0, 0.05) is 22.9 Å². The van der Waals surface area contributed by atoms with Crippen molar-refractivity contribution in [2.75, 3.05) is 26.2 Å². The van der Waals surface area contributed by atoms with Crippen molar-refractivity contribution in [1.29, 1.82) is 0 Å². The molecule has 120 valence electrons. The zero-order valence-electron chi connectivity index (χ0n) is 12.8. The minimum absolute atomic E-state index is 0.0329. The van der Waals surface area contributed by atoms with Gasteiger partial charge in [0.2, 0.25) is 0 Å². The summed E-state index contributed by atoms with van der Waals surface area (Å²) in [5.41, 5.74) is 0. The summed E-state index contributed by atoms with van der Waals surface area (Å²) < 4.78 is 34.2. The highest BCUT2D eigenvalue weighted by Gasteiger charge is 2.16. The predicted octanol–water partition coefficient (Wildman–Crippen LogP) is 4.74. The molecule has 1 fully saturated rings. The fourth-order valence-corrected chi connectivity index (χ4v) is 3.94. The minimum atomic E-state index is -0.438. The van der Waals surface area contributed by atoms with E-state index in [1.807, 2.05) is 6.92 Å². The van der Waals surface area contributed by atoms with Crippen molar-refractivity contribution in [3.63, 3.8) is 0 Å². The molecule has 5 heteroatoms. The molecule has 2 aromatic rings. The number of piperidine rings is 1. The second-order valence-electron chi connectivity index (χ2n) is 5.87. The summed E-state index contributed by atoms with van der Waals surface area (Å²) in [6.07, 6.45) is 4.67. The summed E-state index contributed by atoms with van der Waals surface area (Å²) in [6.45, 7) is 5.52. The molecule has 1 aromatic carbocycles. The highest BCUT2D eigenvalue weighted by atomic mass is 32.1. The second kappa shape index (κ2) is 6.92. The molecule has 22 heavy (non-hydrogen) atoms. The first kappa shape index (κ1) is 15.7. The Morgan fingerprint density at radius 1 is 1.18 bits per heavy atom. The molecule has 1 aliphatic heterocycles. The van der Waals surface area contributed by atoms with Crippen LogP contribution in [0.4, 0.5) is 8.78 Å². The number of aryl methyl sites for hydroxylation is 1. The zero-order valence-corrected chi connectivity index (χ0v) is 13.6. The highest BCUT2D eigenvalue weighted by molar-refractivity contribution is 7.19. The number of nitrogens with zero attached hydrogens (tertiary/aromatic N) is 1. The predicted molar refractivity (Wildman–Crippen MR) is 86.9 cm³/mol. The third-order valence-electron chi connectivity index (χ3n) is 4.11. The van der Waals surface area contributed by atoms with Crippen molar-refractivity contribution >= 4 is 21.4 Å². The van der Waals surface area contributed by atoms with E-state index in [4.69, 9.17) is 4.74 Å². The number of likely N-dealkylation sites (tertiary alicyclic amines) is 1. The Bertz CT molecular complexity index is 650. The van der Waals surface area contributed by atoms with Crippen LogP contribution in [0.1, 0.15) is 30.6 Å². The van der Waals surface area contributed by atoms with Crippen LogP contribution in [0.25, 0.3) is 10.1 Å². The van der Waals surface area contributed by atoms with Crippen LogP contribution in [-0.2, 0) is 0 Å². The van der Waals surface area contributed by atoms with E-state index in [0.29, 0.717) is 16.7 Å². The normalized spacial score (nSPS) is 16.3. The average Bonchev–Trinajstić information content (AvgIpc) is 2.92. The molecular formula is C17H21F2NOS. The molecule has 0 bridgehead atoms. The fraction of sp³-hybridized carbons (Fsp3) is 0.529. The van der Waals surface area contributed by atoms with Crippen LogP contribution in [0.15, 0.2) is 12.1 Å². The van der Waals surface area contributed by atoms with Gasteiger partial charge in [-0.3, -0.25) is 0 Å². The van der Waals surface area contributed by atoms with E-state index in [1.54, 1.807) is 6.07 Å². The molecule has 0 saturated carbocycles. The van der Waals surface area contributed by atoms with Crippen molar-refractivity contribution in [2.45, 2.75) is 32.6 Å². The standard InChI is InChI=1S/C17H21F2NOS/c1-12-10-13-14(18)11-15(16(19)17(13)22-12)21-9-5-8-20-6-3-2-4-7-20/h10-11H,2-9H2,1H3. The number of ether oxygens (including phenoxy) is 1. The van der Waals surface area contributed by atoms with Gasteiger partial charge in [-0.1, -0.05) is 6.42 Å². The van der Waals surface area contributed by atoms with E-state index in [0.717, 1.165) is 30.9 Å². The van der Waals surface area contributed by atoms with Crippen LogP contribution in [0, 0.1) is 18.6 Å². The lowest BCUT2D eigenvalue weighted by atomic mass is 10.1. The molecule has 1 saturated heterocycles. The molecule has 0 amide bonds. The van der Waals surface area contributed by atoms with E-state index >= 15 is 0 Å². The van der Waals surface area contributed by atoms with Crippen molar-refractivity contribution in [1.82, 2.24) is 4.90 Å². The molecule has 0 spiro atoms. The maximum Gasteiger partial charge on any atom is 0.183 e. The Morgan fingerprint density at radius 3 is 2.73 bits per heavy atom. The topological polar surface area (TPSA) is 12.5 Å². The molecule has 0 unspecified atom stereocenters. The number of hydrogen-bond donors (Lipinski definition) is 0. The maximum absolute atomic E-state index is 14.4. The SMILES string of the molecule is Cc1cc2c(F)cc(OCCCN3CCCCC3)c(F)c2s1. The monoisotopic (exact) mass is 325 g/mol. The van der Waals surface area contributed by atoms with Crippen LogP contribution in [0.2, 0.25) is 0 Å². The highest BCUT2D eigenvalue weighted by Crippen LogP contribution is 2.34. The first-order valence-electron chi connectivity index (χ1n) is 7.88. The Labute approximate surface area is 133 Å². The Kier molecular flexibility index (Phi) is 4.93. The number of hydrogen-bond acceptors (Lipinski definition) is 3. The molecular weight excluding hydrogens is 304 g/mol. The van der Waals surface area contributed by atoms with Gasteiger partial charge in [-0.15, -0.1) is 11.3 Å². The van der Waals surface area contributed by atoms with E-state index in [2.05, 4.69) is 4.90 Å². The lowest BCUT2D eigenvalue weighted by Gasteiger charge is -2.26. The number of halogens is 2. The van der Waals surface area contributed by atoms with Gasteiger partial charge in [0.15, 0.2) is 11.6 Å². The molecule has 0 atom stereocenters. The van der Waals surface area contributed by atoms with Gasteiger partial charge in [-0.2, -0.15) is 0 Å². The van der Waals surface area contributed by atoms with Crippen LogP contribution >= 0.6 is 11.3 Å². The van der Waals surface area contributed by atoms with Crippen LogP contribution in [-0.4, -0.2) is 31.1 Å². The van der Waals surface area contributed by atoms with E-state index in [1.165, 1.54) is 36.7 Å². The Morgan fingerprint density at radius 2 is 1.95 bits per heavy atom. The van der Waals surface area contributed by atoms with Gasteiger partial charge in [-0.05, 0) is 45.3 Å². The number of thiophene rings is 1. The first-order valence-corrected chi connectivity index (χ1v) is 8.70. The Hall–Kier alpha value is -1.20. The van der Waals surface area contributed by atoms with Crippen molar-refractivity contribution in [2.24, 2.45) is 0 Å². The Balaban J connectivity index is 1.60. The molecule has 0 radical (unpaired) electrons. The number of benzene rings is 1. The van der Waals surface area contributed by atoms with Gasteiger partial charge in [0.1, 0.15) is 5.82 Å². The van der Waals surface area contributed by atoms with Gasteiger partial charge < -0.3 is 9.64 Å². The largest absolute Gasteiger partial charge is 0.490 e. The van der Waals surface area contributed by atoms with Crippen molar-refractivity contribution < 1.29 is 13.5 Å². The molecule has 0 aliphatic carbocycles. The molecule has 1 aromatic heterocycles. The fourth-order valence-electron chi connectivity index (χ4n) is 2.98. The first-order chi connectivity index (χ1) is 10.6. The minimum Gasteiger partial charge on any atom is -0.490 e. The maximum atomic E-state index is 14.4. The summed E-state index contributed by atoms with van der Waals surface area (Å²) in [5, 5.41) is 0.348. The third-order valence-corrected chi connectivity index (χ3v) is 5.15. The summed E-state index contributed by atoms with van der Waals surface area (Å²) in [5.74, 6) is -0.815. The summed E-state index contributed by atoms with van der Waals surface area (Å²) in [6, 6.07) is 2.85. The summed E-state index contributed by atoms with van der Waals surface area (Å²) in [4.78, 5) is 3.31. The average molecular weight is 325 g/mol. The number of fused-ring (bicyclic) bond motifs is 1. The van der Waals surface area contributed by atoms with Gasteiger partial charge in [-0.25, -0.2) is 8.78 Å². The summed E-state index contributed by atoms with van der Waals surface area (Å²) >= 11 is 1.27. The van der Waals surface area contributed by atoms with Gasteiger partial charge in [0.05, 0.1) is 11.3 Å². The van der Waals surface area contributed by atoms with Crippen molar-refractivity contribution in [3.8, 4) is 5.75 Å². The molecule has 0 N–H and O–H groups in total. The van der Waals surface area contributed by atoms with Gasteiger partial charge >= 0.3 is 0 Å². The molecule has 2 heterocycles. The quantitative estimate of drug-likeness (QED) is 0.736. The van der Waals surface area contributed by atoms with Crippen LogP contribution < -0.4 is 4.74 Å². The molecule has 1 aliphatic rings. The van der Waals surface area contributed by atoms with Crippen LogP contribution in [0.5, 0.6) is 5.75 Å². The summed E-state index contributed by atoms with van der Waals surface area (Å²) in [7, 11) is 0. The second-order valence-corrected chi connectivity index (χ2v) is 7.13. The lowest BCUT2D eigenvalue weighted by Crippen LogP contribution is -2.31. The van der Waals surface area contributed by atoms with E-state index in [9.17, 15) is 8.78 Å². The molecule has 2 nitrogen and oxygen atoms in total. The van der Waals surface area contributed by atoms with Crippen molar-refractivity contribution in [3.05, 3.63) is 28.6 Å².